The van der Waals surface area contributed by atoms with Gasteiger partial charge in [-0.05, 0) is 38.1 Å². The summed E-state index contributed by atoms with van der Waals surface area (Å²) < 4.78 is 1.96. The second kappa shape index (κ2) is 4.63. The van der Waals surface area contributed by atoms with Gasteiger partial charge in [0, 0.05) is 5.39 Å². The minimum atomic E-state index is 0.106. The average molecular weight is 289 g/mol. The summed E-state index contributed by atoms with van der Waals surface area (Å²) in [5, 5.41) is 1.05. The fourth-order valence-electron chi connectivity index (χ4n) is 2.93. The summed E-state index contributed by atoms with van der Waals surface area (Å²) in [4.78, 5) is 21.2. The summed E-state index contributed by atoms with van der Waals surface area (Å²) in [5.41, 5.74) is 5.53. The van der Waals surface area contributed by atoms with Crippen LogP contribution in [-0.2, 0) is 11.3 Å². The van der Waals surface area contributed by atoms with Crippen LogP contribution < -0.4 is 0 Å². The molecule has 2 aromatic heterocycles. The minimum absolute atomic E-state index is 0.106. The van der Waals surface area contributed by atoms with Gasteiger partial charge < -0.3 is 4.57 Å². The summed E-state index contributed by atoms with van der Waals surface area (Å²) in [7, 11) is 0. The third-order valence-electron chi connectivity index (χ3n) is 3.89. The highest BCUT2D eigenvalue weighted by molar-refractivity contribution is 6.07. The highest BCUT2D eigenvalue weighted by atomic mass is 16.1. The fraction of sp³-hybridized carbons (Fsp3) is 0.167. The summed E-state index contributed by atoms with van der Waals surface area (Å²) in [6.45, 7) is 3.97. The number of ketones is 1. The Morgan fingerprint density at radius 1 is 1.09 bits per heavy atom. The van der Waals surface area contributed by atoms with Crippen LogP contribution in [-0.4, -0.2) is 20.3 Å². The molecule has 0 aliphatic rings. The van der Waals surface area contributed by atoms with Crippen LogP contribution in [0.3, 0.4) is 0 Å². The Hall–Kier alpha value is -2.75. The van der Waals surface area contributed by atoms with Gasteiger partial charge in [0.25, 0.3) is 0 Å². The zero-order valence-electron chi connectivity index (χ0n) is 12.5. The number of aromatic nitrogens is 3. The Balaban J connectivity index is 2.20. The molecule has 0 fully saturated rings. The lowest BCUT2D eigenvalue weighted by atomic mass is 10.1. The van der Waals surface area contributed by atoms with E-state index in [1.54, 1.807) is 6.92 Å². The molecule has 2 aromatic carbocycles. The Morgan fingerprint density at radius 2 is 1.82 bits per heavy atom. The maximum atomic E-state index is 11.7. The first-order chi connectivity index (χ1) is 10.6. The molecule has 0 spiro atoms. The summed E-state index contributed by atoms with van der Waals surface area (Å²) in [6, 6.07) is 14.0. The Bertz CT molecular complexity index is 1050. The van der Waals surface area contributed by atoms with E-state index in [-0.39, 0.29) is 5.78 Å². The van der Waals surface area contributed by atoms with Crippen molar-refractivity contribution in [2.24, 2.45) is 0 Å². The molecule has 0 bridgehead atoms. The number of carbonyl (C=O) groups is 1. The van der Waals surface area contributed by atoms with Crippen LogP contribution in [0, 0.1) is 6.92 Å². The molecule has 0 unspecified atom stereocenters. The van der Waals surface area contributed by atoms with E-state index in [1.165, 1.54) is 5.56 Å². The van der Waals surface area contributed by atoms with E-state index in [4.69, 9.17) is 9.97 Å². The predicted molar refractivity (Wildman–Crippen MR) is 88.0 cm³/mol. The van der Waals surface area contributed by atoms with Crippen molar-refractivity contribution in [2.75, 3.05) is 0 Å². The third-order valence-corrected chi connectivity index (χ3v) is 3.89. The van der Waals surface area contributed by atoms with Crippen LogP contribution in [0.25, 0.3) is 33.1 Å². The number of Topliss-reactive ketones (excluding diaryl/α,β-unsaturated/α-hetero) is 1. The van der Waals surface area contributed by atoms with Gasteiger partial charge in [0.1, 0.15) is 11.3 Å². The standard InChI is InChI=1S/C18H15N3O/c1-11-7-8-16-13(9-11)17-18(21(16)10-12(2)22)20-15-6-4-3-5-14(15)19-17/h3-9H,10H2,1-2H3. The van der Waals surface area contributed by atoms with Gasteiger partial charge >= 0.3 is 0 Å². The molecule has 2 heterocycles. The maximum absolute atomic E-state index is 11.7. The molecule has 4 rings (SSSR count). The molecule has 4 aromatic rings. The molecular weight excluding hydrogens is 274 g/mol. The van der Waals surface area contributed by atoms with E-state index in [9.17, 15) is 4.79 Å². The largest absolute Gasteiger partial charge is 0.316 e. The molecule has 0 saturated carbocycles. The first-order valence-corrected chi connectivity index (χ1v) is 7.28. The number of aryl methyl sites for hydroxylation is 1. The fourth-order valence-corrected chi connectivity index (χ4v) is 2.93. The molecule has 0 saturated heterocycles. The molecule has 0 N–H and O–H groups in total. The van der Waals surface area contributed by atoms with Crippen molar-refractivity contribution < 1.29 is 4.79 Å². The quantitative estimate of drug-likeness (QED) is 0.566. The van der Waals surface area contributed by atoms with Crippen LogP contribution in [0.2, 0.25) is 0 Å². The highest BCUT2D eigenvalue weighted by Crippen LogP contribution is 2.29. The second-order valence-corrected chi connectivity index (χ2v) is 5.69. The number of benzene rings is 2. The highest BCUT2D eigenvalue weighted by Gasteiger charge is 2.15. The predicted octanol–water partition coefficient (Wildman–Crippen LogP) is 3.64. The van der Waals surface area contributed by atoms with Crippen molar-refractivity contribution in [2.45, 2.75) is 20.4 Å². The molecule has 22 heavy (non-hydrogen) atoms. The van der Waals surface area contributed by atoms with Crippen molar-refractivity contribution in [3.8, 4) is 0 Å². The van der Waals surface area contributed by atoms with Crippen molar-refractivity contribution in [1.82, 2.24) is 14.5 Å². The van der Waals surface area contributed by atoms with E-state index in [1.807, 2.05) is 34.9 Å². The SMILES string of the molecule is CC(=O)Cn1c2ccc(C)cc2c2nc3ccccc3nc21. The third kappa shape index (κ3) is 1.88. The number of carbonyl (C=O) groups excluding carboxylic acids is 1. The van der Waals surface area contributed by atoms with Gasteiger partial charge in [-0.3, -0.25) is 4.79 Å². The molecule has 0 atom stereocenters. The molecule has 0 aliphatic heterocycles. The minimum Gasteiger partial charge on any atom is -0.316 e. The van der Waals surface area contributed by atoms with E-state index >= 15 is 0 Å². The topological polar surface area (TPSA) is 47.8 Å². The van der Waals surface area contributed by atoms with Crippen LogP contribution in [0.1, 0.15) is 12.5 Å². The summed E-state index contributed by atoms with van der Waals surface area (Å²) in [5.74, 6) is 0.106. The number of fused-ring (bicyclic) bond motifs is 4. The number of hydrogen-bond donors (Lipinski definition) is 0. The van der Waals surface area contributed by atoms with Crippen LogP contribution in [0.15, 0.2) is 42.5 Å². The lowest BCUT2D eigenvalue weighted by molar-refractivity contribution is -0.117. The molecule has 0 amide bonds. The first-order valence-electron chi connectivity index (χ1n) is 7.28. The van der Waals surface area contributed by atoms with Crippen molar-refractivity contribution in [1.29, 1.82) is 0 Å². The molecule has 4 heteroatoms. The summed E-state index contributed by atoms with van der Waals surface area (Å²) in [6.07, 6.45) is 0. The van der Waals surface area contributed by atoms with Gasteiger partial charge in [-0.1, -0.05) is 23.8 Å². The normalized spacial score (nSPS) is 11.5. The number of hydrogen-bond acceptors (Lipinski definition) is 3. The van der Waals surface area contributed by atoms with Gasteiger partial charge in [0.15, 0.2) is 5.65 Å². The Morgan fingerprint density at radius 3 is 2.55 bits per heavy atom. The molecule has 0 radical (unpaired) electrons. The maximum Gasteiger partial charge on any atom is 0.160 e. The zero-order valence-corrected chi connectivity index (χ0v) is 12.5. The second-order valence-electron chi connectivity index (χ2n) is 5.69. The molecule has 4 nitrogen and oxygen atoms in total. The monoisotopic (exact) mass is 289 g/mol. The van der Waals surface area contributed by atoms with Gasteiger partial charge in [-0.2, -0.15) is 0 Å². The van der Waals surface area contributed by atoms with Crippen LogP contribution >= 0.6 is 0 Å². The molecular formula is C18H15N3O. The smallest absolute Gasteiger partial charge is 0.160 e. The van der Waals surface area contributed by atoms with Gasteiger partial charge in [-0.25, -0.2) is 9.97 Å². The van der Waals surface area contributed by atoms with Crippen molar-refractivity contribution in [3.05, 3.63) is 48.0 Å². The van der Waals surface area contributed by atoms with E-state index in [0.717, 1.165) is 33.1 Å². The lowest BCUT2D eigenvalue weighted by Gasteiger charge is -2.04. The number of rotatable bonds is 2. The summed E-state index contributed by atoms with van der Waals surface area (Å²) >= 11 is 0. The molecule has 0 aliphatic carbocycles. The van der Waals surface area contributed by atoms with Crippen molar-refractivity contribution in [3.63, 3.8) is 0 Å². The molecule has 108 valence electrons. The van der Waals surface area contributed by atoms with E-state index < -0.39 is 0 Å². The van der Waals surface area contributed by atoms with Crippen LogP contribution in [0.5, 0.6) is 0 Å². The van der Waals surface area contributed by atoms with Gasteiger partial charge in [0.2, 0.25) is 0 Å². The number of para-hydroxylation sites is 2. The van der Waals surface area contributed by atoms with Crippen LogP contribution in [0.4, 0.5) is 0 Å². The Kier molecular flexibility index (Phi) is 2.73. The Labute approximate surface area is 127 Å². The lowest BCUT2D eigenvalue weighted by Crippen LogP contribution is -2.06. The van der Waals surface area contributed by atoms with E-state index in [2.05, 4.69) is 19.1 Å². The van der Waals surface area contributed by atoms with Crippen molar-refractivity contribution >= 4 is 38.9 Å². The number of nitrogens with zero attached hydrogens (tertiary/aromatic N) is 3. The average Bonchev–Trinajstić information content (AvgIpc) is 2.78. The zero-order chi connectivity index (χ0) is 15.3. The van der Waals surface area contributed by atoms with Gasteiger partial charge in [0.05, 0.1) is 23.1 Å². The van der Waals surface area contributed by atoms with E-state index in [0.29, 0.717) is 6.54 Å². The first kappa shape index (κ1) is 13.0. The van der Waals surface area contributed by atoms with Gasteiger partial charge in [-0.15, -0.1) is 0 Å².